The van der Waals surface area contributed by atoms with Gasteiger partial charge in [-0.15, -0.1) is 0 Å². The number of anilines is 1. The monoisotopic (exact) mass is 475 g/mol. The van der Waals surface area contributed by atoms with E-state index < -0.39 is 23.2 Å². The molecule has 0 spiro atoms. The summed E-state index contributed by atoms with van der Waals surface area (Å²) in [6, 6.07) is 15.2. The molecule has 32 heavy (non-hydrogen) atoms. The maximum Gasteiger partial charge on any atom is 0.416 e. The number of benzene rings is 3. The summed E-state index contributed by atoms with van der Waals surface area (Å²) < 4.78 is 40.1. The van der Waals surface area contributed by atoms with Crippen LogP contribution < -0.4 is 10.9 Å². The Bertz CT molecular complexity index is 1480. The van der Waals surface area contributed by atoms with E-state index in [9.17, 15) is 22.8 Å². The smallest absolute Gasteiger partial charge is 0.331 e. The lowest BCUT2D eigenvalue weighted by Crippen LogP contribution is -2.21. The van der Waals surface area contributed by atoms with Gasteiger partial charge in [-0.05, 0) is 66.8 Å². The summed E-state index contributed by atoms with van der Waals surface area (Å²) in [5, 5.41) is 3.32. The SMILES string of the molecule is O=C(Nc1cccc(Cl)c1)c1ccc2c(=O)n(-c3cccc(C(F)(F)F)c3)c(=S)[nH]c2c1. The molecule has 5 nitrogen and oxygen atoms in total. The molecule has 162 valence electrons. The topological polar surface area (TPSA) is 66.9 Å². The van der Waals surface area contributed by atoms with Gasteiger partial charge in [0.25, 0.3) is 11.5 Å². The summed E-state index contributed by atoms with van der Waals surface area (Å²) in [4.78, 5) is 28.4. The predicted molar refractivity (Wildman–Crippen MR) is 119 cm³/mol. The van der Waals surface area contributed by atoms with Crippen LogP contribution in [0, 0.1) is 4.77 Å². The zero-order valence-corrected chi connectivity index (χ0v) is 17.6. The largest absolute Gasteiger partial charge is 0.416 e. The van der Waals surface area contributed by atoms with Crippen molar-refractivity contribution in [1.29, 1.82) is 0 Å². The number of alkyl halides is 3. The van der Waals surface area contributed by atoms with Crippen molar-refractivity contribution in [2.75, 3.05) is 5.32 Å². The minimum Gasteiger partial charge on any atom is -0.331 e. The van der Waals surface area contributed by atoms with Crippen molar-refractivity contribution in [3.05, 3.63) is 98.0 Å². The Morgan fingerprint density at radius 2 is 1.78 bits per heavy atom. The third kappa shape index (κ3) is 4.30. The molecule has 0 saturated heterocycles. The van der Waals surface area contributed by atoms with Crippen LogP contribution in [-0.4, -0.2) is 15.5 Å². The van der Waals surface area contributed by atoms with E-state index in [2.05, 4.69) is 10.3 Å². The number of rotatable bonds is 3. The lowest BCUT2D eigenvalue weighted by molar-refractivity contribution is -0.137. The fourth-order valence-electron chi connectivity index (χ4n) is 3.18. The Labute approximate surface area is 189 Å². The number of amides is 1. The number of aromatic amines is 1. The van der Waals surface area contributed by atoms with E-state index in [1.54, 1.807) is 24.3 Å². The first-order valence-electron chi connectivity index (χ1n) is 9.17. The summed E-state index contributed by atoms with van der Waals surface area (Å²) in [5.41, 5.74) is -0.498. The number of nitrogens with one attached hydrogen (secondary N) is 2. The Morgan fingerprint density at radius 3 is 2.50 bits per heavy atom. The summed E-state index contributed by atoms with van der Waals surface area (Å²) >= 11 is 11.1. The van der Waals surface area contributed by atoms with Gasteiger partial charge in [0.05, 0.1) is 22.2 Å². The molecule has 0 aliphatic carbocycles. The minimum absolute atomic E-state index is 0.0178. The molecule has 1 amide bonds. The van der Waals surface area contributed by atoms with Crippen LogP contribution in [0.3, 0.4) is 0 Å². The number of nitrogens with zero attached hydrogens (tertiary/aromatic N) is 1. The zero-order chi connectivity index (χ0) is 23.0. The molecule has 0 aliphatic rings. The molecule has 4 rings (SSSR count). The molecule has 0 saturated carbocycles. The van der Waals surface area contributed by atoms with Crippen LogP contribution in [-0.2, 0) is 6.18 Å². The van der Waals surface area contributed by atoms with Gasteiger partial charge >= 0.3 is 6.18 Å². The zero-order valence-electron chi connectivity index (χ0n) is 16.0. The van der Waals surface area contributed by atoms with Gasteiger partial charge in [0, 0.05) is 16.3 Å². The second-order valence-electron chi connectivity index (χ2n) is 6.84. The Hall–Kier alpha value is -3.43. The molecular formula is C22H13ClF3N3O2S. The quantitative estimate of drug-likeness (QED) is 0.359. The molecule has 2 N–H and O–H groups in total. The summed E-state index contributed by atoms with van der Waals surface area (Å²) in [6.45, 7) is 0. The van der Waals surface area contributed by atoms with Crippen molar-refractivity contribution in [3.63, 3.8) is 0 Å². The van der Waals surface area contributed by atoms with Crippen molar-refractivity contribution >= 4 is 46.3 Å². The molecule has 1 heterocycles. The van der Waals surface area contributed by atoms with E-state index in [-0.39, 0.29) is 26.9 Å². The number of fused-ring (bicyclic) bond motifs is 1. The average Bonchev–Trinajstić information content (AvgIpc) is 2.73. The number of carbonyl (C=O) groups is 1. The average molecular weight is 476 g/mol. The van der Waals surface area contributed by atoms with Crippen molar-refractivity contribution < 1.29 is 18.0 Å². The van der Waals surface area contributed by atoms with E-state index >= 15 is 0 Å². The van der Waals surface area contributed by atoms with Gasteiger partial charge in [0.2, 0.25) is 0 Å². The van der Waals surface area contributed by atoms with E-state index in [4.69, 9.17) is 23.8 Å². The molecule has 10 heteroatoms. The van der Waals surface area contributed by atoms with Crippen molar-refractivity contribution in [3.8, 4) is 5.69 Å². The molecule has 3 aromatic carbocycles. The molecule has 0 aliphatic heterocycles. The normalized spacial score (nSPS) is 11.5. The lowest BCUT2D eigenvalue weighted by atomic mass is 10.1. The van der Waals surface area contributed by atoms with Gasteiger partial charge in [-0.25, -0.2) is 0 Å². The van der Waals surface area contributed by atoms with Crippen molar-refractivity contribution in [2.45, 2.75) is 6.18 Å². The second-order valence-corrected chi connectivity index (χ2v) is 7.67. The highest BCUT2D eigenvalue weighted by Crippen LogP contribution is 2.30. The molecule has 4 aromatic rings. The number of halogens is 4. The third-order valence-corrected chi connectivity index (χ3v) is 5.19. The van der Waals surface area contributed by atoms with Crippen molar-refractivity contribution in [1.82, 2.24) is 9.55 Å². The van der Waals surface area contributed by atoms with Crippen LogP contribution in [0.1, 0.15) is 15.9 Å². The van der Waals surface area contributed by atoms with Crippen LogP contribution in [0.5, 0.6) is 0 Å². The molecule has 0 fully saturated rings. The molecule has 1 aromatic heterocycles. The fourth-order valence-corrected chi connectivity index (χ4v) is 3.67. The van der Waals surface area contributed by atoms with E-state index in [1.807, 2.05) is 0 Å². The van der Waals surface area contributed by atoms with Gasteiger partial charge in [0.15, 0.2) is 4.77 Å². The third-order valence-electron chi connectivity index (χ3n) is 4.67. The predicted octanol–water partition coefficient (Wildman–Crippen LogP) is 5.97. The van der Waals surface area contributed by atoms with Crippen LogP contribution in [0.25, 0.3) is 16.6 Å². The van der Waals surface area contributed by atoms with Gasteiger partial charge in [-0.3, -0.25) is 14.2 Å². The number of hydrogen-bond donors (Lipinski definition) is 2. The highest BCUT2D eigenvalue weighted by molar-refractivity contribution is 7.71. The second kappa shape index (κ2) is 8.25. The summed E-state index contributed by atoms with van der Waals surface area (Å²) in [6.07, 6.45) is -4.56. The summed E-state index contributed by atoms with van der Waals surface area (Å²) in [7, 11) is 0. The molecular weight excluding hydrogens is 463 g/mol. The number of aromatic nitrogens is 2. The minimum atomic E-state index is -4.56. The van der Waals surface area contributed by atoms with Crippen LogP contribution in [0.2, 0.25) is 5.02 Å². The van der Waals surface area contributed by atoms with E-state index in [1.165, 1.54) is 30.3 Å². The number of H-pyrrole nitrogens is 1. The molecule has 0 unspecified atom stereocenters. The van der Waals surface area contributed by atoms with Crippen LogP contribution in [0.4, 0.5) is 18.9 Å². The molecule has 0 atom stereocenters. The Kier molecular flexibility index (Phi) is 5.62. The van der Waals surface area contributed by atoms with Gasteiger partial charge in [-0.1, -0.05) is 23.7 Å². The first-order valence-corrected chi connectivity index (χ1v) is 9.96. The highest BCUT2D eigenvalue weighted by Gasteiger charge is 2.30. The lowest BCUT2D eigenvalue weighted by Gasteiger charge is -2.12. The van der Waals surface area contributed by atoms with Crippen molar-refractivity contribution in [2.24, 2.45) is 0 Å². The molecule has 0 bridgehead atoms. The highest BCUT2D eigenvalue weighted by atomic mass is 35.5. The van der Waals surface area contributed by atoms with Gasteiger partial charge in [0.1, 0.15) is 0 Å². The van der Waals surface area contributed by atoms with Crippen LogP contribution in [0.15, 0.2) is 71.5 Å². The maximum atomic E-state index is 13.1. The number of carbonyl (C=O) groups excluding carboxylic acids is 1. The van der Waals surface area contributed by atoms with E-state index in [0.29, 0.717) is 10.7 Å². The molecule has 0 radical (unpaired) electrons. The number of hydrogen-bond acceptors (Lipinski definition) is 3. The first-order chi connectivity index (χ1) is 15.1. The Morgan fingerprint density at radius 1 is 1.03 bits per heavy atom. The maximum absolute atomic E-state index is 13.1. The first kappa shape index (κ1) is 21.8. The van der Waals surface area contributed by atoms with Gasteiger partial charge < -0.3 is 10.3 Å². The standard InChI is InChI=1S/C22H13ClF3N3O2S/c23-14-4-2-5-15(11-14)27-19(30)12-7-8-17-18(9-12)28-21(32)29(20(17)31)16-6-1-3-13(10-16)22(24,25)26/h1-11H,(H,27,30)(H,28,32). The van der Waals surface area contributed by atoms with Crippen LogP contribution >= 0.6 is 23.8 Å². The fraction of sp³-hybridized carbons (Fsp3) is 0.0455. The summed E-state index contributed by atoms with van der Waals surface area (Å²) in [5.74, 6) is -0.435. The van der Waals surface area contributed by atoms with Gasteiger partial charge in [-0.2, -0.15) is 13.2 Å². The Balaban J connectivity index is 1.75. The van der Waals surface area contributed by atoms with E-state index in [0.717, 1.165) is 16.7 Å².